The van der Waals surface area contributed by atoms with E-state index in [0.717, 1.165) is 31.2 Å². The molecule has 0 aromatic heterocycles. The Morgan fingerprint density at radius 2 is 1.65 bits per heavy atom. The van der Waals surface area contributed by atoms with Crippen molar-refractivity contribution in [1.82, 2.24) is 0 Å². The molecule has 2 aromatic carbocycles. The van der Waals surface area contributed by atoms with Gasteiger partial charge < -0.3 is 4.74 Å². The van der Waals surface area contributed by atoms with Crippen LogP contribution in [0.3, 0.4) is 0 Å². The topological polar surface area (TPSA) is 26.3 Å². The number of unbranched alkanes of at least 4 members (excludes halogenated alkanes) is 2. The molecule has 0 aliphatic rings. The minimum absolute atomic E-state index is 0.186. The van der Waals surface area contributed by atoms with Crippen LogP contribution in [0.5, 0.6) is 0 Å². The highest BCUT2D eigenvalue weighted by molar-refractivity contribution is 5.89. The van der Waals surface area contributed by atoms with Crippen molar-refractivity contribution in [3.05, 3.63) is 77.9 Å². The van der Waals surface area contributed by atoms with Crippen LogP contribution < -0.4 is 0 Å². The molecule has 2 rings (SSSR count). The molecule has 0 amide bonds. The highest BCUT2D eigenvalue weighted by Gasteiger charge is 2.13. The van der Waals surface area contributed by atoms with E-state index in [-0.39, 0.29) is 12.1 Å². The van der Waals surface area contributed by atoms with Gasteiger partial charge in [0.05, 0.1) is 5.56 Å². The van der Waals surface area contributed by atoms with Gasteiger partial charge in [0.15, 0.2) is 0 Å². The lowest BCUT2D eigenvalue weighted by Gasteiger charge is -2.14. The van der Waals surface area contributed by atoms with Crippen molar-refractivity contribution in [1.29, 1.82) is 0 Å². The molecule has 0 saturated heterocycles. The molecular weight excluding hydrogens is 284 g/mol. The lowest BCUT2D eigenvalue weighted by atomic mass is 10.1. The fourth-order valence-electron chi connectivity index (χ4n) is 2.35. The minimum Gasteiger partial charge on any atom is -0.455 e. The van der Waals surface area contributed by atoms with E-state index in [1.807, 2.05) is 60.7 Å². The third-order valence-corrected chi connectivity index (χ3v) is 3.66. The Bertz CT molecular complexity index is 602. The van der Waals surface area contributed by atoms with E-state index in [2.05, 4.69) is 6.92 Å². The molecule has 1 atom stereocenters. The van der Waals surface area contributed by atoms with E-state index >= 15 is 0 Å². The fourth-order valence-corrected chi connectivity index (χ4v) is 2.35. The van der Waals surface area contributed by atoms with Crippen molar-refractivity contribution in [2.24, 2.45) is 0 Å². The summed E-state index contributed by atoms with van der Waals surface area (Å²) >= 11 is 0. The zero-order valence-corrected chi connectivity index (χ0v) is 13.7. The first-order chi connectivity index (χ1) is 11.3. The molecule has 0 radical (unpaired) electrons. The van der Waals surface area contributed by atoms with E-state index in [1.165, 1.54) is 0 Å². The summed E-state index contributed by atoms with van der Waals surface area (Å²) in [4.78, 5) is 12.2. The van der Waals surface area contributed by atoms with Crippen molar-refractivity contribution in [3.8, 4) is 0 Å². The van der Waals surface area contributed by atoms with Crippen molar-refractivity contribution < 1.29 is 9.53 Å². The van der Waals surface area contributed by atoms with E-state index in [9.17, 15) is 4.79 Å². The normalized spacial score (nSPS) is 12.2. The van der Waals surface area contributed by atoms with Crippen LogP contribution in [0, 0.1) is 0 Å². The molecule has 0 N–H and O–H groups in total. The molecule has 1 unspecified atom stereocenters. The summed E-state index contributed by atoms with van der Waals surface area (Å²) in [5.74, 6) is -0.259. The lowest BCUT2D eigenvalue weighted by Crippen LogP contribution is -2.16. The second kappa shape index (κ2) is 9.62. The zero-order valence-electron chi connectivity index (χ0n) is 13.7. The zero-order chi connectivity index (χ0) is 16.3. The molecule has 2 aromatic rings. The second-order valence-electron chi connectivity index (χ2n) is 5.58. The summed E-state index contributed by atoms with van der Waals surface area (Å²) in [6, 6.07) is 19.2. The van der Waals surface area contributed by atoms with Crippen LogP contribution in [0.1, 0.15) is 48.5 Å². The van der Waals surface area contributed by atoms with Gasteiger partial charge in [0.1, 0.15) is 6.10 Å². The number of ether oxygens (including phenoxy) is 1. The van der Waals surface area contributed by atoms with E-state index in [1.54, 1.807) is 12.1 Å². The molecule has 120 valence electrons. The SMILES string of the molecule is CCCCCC(/C=C/c1ccccc1)OC(=O)c1ccccc1. The van der Waals surface area contributed by atoms with Crippen LogP contribution in [0.4, 0.5) is 0 Å². The number of rotatable bonds is 8. The number of carbonyl (C=O) groups excluding carboxylic acids is 1. The maximum atomic E-state index is 12.2. The molecule has 0 heterocycles. The smallest absolute Gasteiger partial charge is 0.338 e. The van der Waals surface area contributed by atoms with Gasteiger partial charge in [0, 0.05) is 0 Å². The first kappa shape index (κ1) is 17.0. The molecular formula is C21H24O2. The van der Waals surface area contributed by atoms with Gasteiger partial charge >= 0.3 is 5.97 Å². The highest BCUT2D eigenvalue weighted by atomic mass is 16.5. The Kier molecular flexibility index (Phi) is 7.12. The van der Waals surface area contributed by atoms with Gasteiger partial charge in [0.2, 0.25) is 0 Å². The van der Waals surface area contributed by atoms with Gasteiger partial charge in [-0.1, -0.05) is 74.4 Å². The van der Waals surface area contributed by atoms with Crippen LogP contribution >= 0.6 is 0 Å². The van der Waals surface area contributed by atoms with E-state index in [0.29, 0.717) is 5.56 Å². The average molecular weight is 308 g/mol. The third kappa shape index (κ3) is 6.11. The van der Waals surface area contributed by atoms with Crippen molar-refractivity contribution >= 4 is 12.0 Å². The number of esters is 1. The van der Waals surface area contributed by atoms with Crippen molar-refractivity contribution in [2.75, 3.05) is 0 Å². The van der Waals surface area contributed by atoms with Crippen LogP contribution in [0.15, 0.2) is 66.7 Å². The molecule has 0 aliphatic heterocycles. The fraction of sp³-hybridized carbons (Fsp3) is 0.286. The summed E-state index contributed by atoms with van der Waals surface area (Å²) in [5, 5.41) is 0. The van der Waals surface area contributed by atoms with Crippen molar-refractivity contribution in [3.63, 3.8) is 0 Å². The van der Waals surface area contributed by atoms with Crippen LogP contribution in [-0.2, 0) is 4.74 Å². The Morgan fingerprint density at radius 3 is 2.30 bits per heavy atom. The predicted octanol–water partition coefficient (Wildman–Crippen LogP) is 5.51. The molecule has 0 fully saturated rings. The molecule has 2 heteroatoms. The number of benzene rings is 2. The Balaban J connectivity index is 2.01. The minimum atomic E-state index is -0.259. The van der Waals surface area contributed by atoms with Gasteiger partial charge in [0.25, 0.3) is 0 Å². The summed E-state index contributed by atoms with van der Waals surface area (Å²) in [7, 11) is 0. The second-order valence-corrected chi connectivity index (χ2v) is 5.58. The van der Waals surface area contributed by atoms with E-state index < -0.39 is 0 Å². The number of hydrogen-bond acceptors (Lipinski definition) is 2. The molecule has 2 nitrogen and oxygen atoms in total. The number of carbonyl (C=O) groups is 1. The van der Waals surface area contributed by atoms with Gasteiger partial charge in [-0.25, -0.2) is 4.79 Å². The summed E-state index contributed by atoms with van der Waals surface area (Å²) in [5.41, 5.74) is 1.71. The van der Waals surface area contributed by atoms with Gasteiger partial charge in [-0.2, -0.15) is 0 Å². The standard InChI is InChI=1S/C21H24O2/c1-2-3-6-15-20(17-16-18-11-7-4-8-12-18)23-21(22)19-13-9-5-10-14-19/h4-5,7-14,16-17,20H,2-3,6,15H2,1H3/b17-16+. The predicted molar refractivity (Wildman–Crippen MR) is 95.3 cm³/mol. The average Bonchev–Trinajstić information content (AvgIpc) is 2.61. The molecule has 0 aliphatic carbocycles. The maximum absolute atomic E-state index is 12.2. The van der Waals surface area contributed by atoms with Gasteiger partial charge in [-0.05, 0) is 36.6 Å². The monoisotopic (exact) mass is 308 g/mol. The first-order valence-corrected chi connectivity index (χ1v) is 8.29. The quantitative estimate of drug-likeness (QED) is 0.475. The Hall–Kier alpha value is -2.35. The summed E-state index contributed by atoms with van der Waals surface area (Å²) in [6.07, 6.45) is 8.05. The van der Waals surface area contributed by atoms with Crippen LogP contribution in [0.25, 0.3) is 6.08 Å². The Labute approximate surface area is 138 Å². The van der Waals surface area contributed by atoms with Crippen LogP contribution in [-0.4, -0.2) is 12.1 Å². The Morgan fingerprint density at radius 1 is 1.00 bits per heavy atom. The van der Waals surface area contributed by atoms with Gasteiger partial charge in [-0.3, -0.25) is 0 Å². The third-order valence-electron chi connectivity index (χ3n) is 3.66. The lowest BCUT2D eigenvalue weighted by molar-refractivity contribution is 0.0377. The molecule has 23 heavy (non-hydrogen) atoms. The highest BCUT2D eigenvalue weighted by Crippen LogP contribution is 2.13. The molecule has 0 saturated carbocycles. The maximum Gasteiger partial charge on any atom is 0.338 e. The summed E-state index contributed by atoms with van der Waals surface area (Å²) < 4.78 is 5.68. The molecule has 0 bridgehead atoms. The van der Waals surface area contributed by atoms with Crippen LogP contribution in [0.2, 0.25) is 0 Å². The largest absolute Gasteiger partial charge is 0.455 e. The first-order valence-electron chi connectivity index (χ1n) is 8.29. The molecule has 0 spiro atoms. The van der Waals surface area contributed by atoms with Gasteiger partial charge in [-0.15, -0.1) is 0 Å². The van der Waals surface area contributed by atoms with E-state index in [4.69, 9.17) is 4.74 Å². The summed E-state index contributed by atoms with van der Waals surface area (Å²) in [6.45, 7) is 2.17. The number of hydrogen-bond donors (Lipinski definition) is 0. The van der Waals surface area contributed by atoms with Crippen molar-refractivity contribution in [2.45, 2.75) is 38.7 Å².